The Balaban J connectivity index is 0.00000364. The number of amides is 1. The third kappa shape index (κ3) is 8.03. The Hall–Kier alpha value is -2.03. The lowest BCUT2D eigenvalue weighted by Crippen LogP contribution is -2.40. The molecule has 148 valence electrons. The smallest absolute Gasteiger partial charge is 0.243 e. The first-order chi connectivity index (χ1) is 12.5. The second kappa shape index (κ2) is 11.6. The van der Waals surface area contributed by atoms with Gasteiger partial charge in [-0.2, -0.15) is 0 Å². The Labute approximate surface area is 178 Å². The van der Waals surface area contributed by atoms with E-state index in [0.29, 0.717) is 19.0 Å². The van der Waals surface area contributed by atoms with Crippen LogP contribution in [-0.2, 0) is 17.8 Å². The number of aliphatic imine (C=N–C) groups is 1. The number of hydrogen-bond donors (Lipinski definition) is 1. The molecule has 1 aromatic heterocycles. The lowest BCUT2D eigenvalue weighted by molar-refractivity contribution is -0.127. The van der Waals surface area contributed by atoms with E-state index in [-0.39, 0.29) is 36.4 Å². The van der Waals surface area contributed by atoms with E-state index in [2.05, 4.69) is 41.5 Å². The lowest BCUT2D eigenvalue weighted by atomic mass is 10.1. The highest BCUT2D eigenvalue weighted by atomic mass is 127. The fourth-order valence-electron chi connectivity index (χ4n) is 2.39. The number of rotatable bonds is 7. The molecule has 7 heteroatoms. The Morgan fingerprint density at radius 1 is 1.15 bits per heavy atom. The van der Waals surface area contributed by atoms with Gasteiger partial charge in [0.1, 0.15) is 12.3 Å². The molecule has 0 atom stereocenters. The van der Waals surface area contributed by atoms with Crippen LogP contribution in [0.15, 0.2) is 52.1 Å². The van der Waals surface area contributed by atoms with Gasteiger partial charge in [-0.15, -0.1) is 24.0 Å². The number of hydrogen-bond acceptors (Lipinski definition) is 3. The number of aryl methyl sites for hydroxylation is 1. The van der Waals surface area contributed by atoms with Gasteiger partial charge in [0.15, 0.2) is 5.96 Å². The minimum Gasteiger partial charge on any atom is -0.469 e. The zero-order valence-corrected chi connectivity index (χ0v) is 18.8. The molecule has 2 aromatic rings. The molecular formula is C20H29IN4O2. The van der Waals surface area contributed by atoms with Crippen molar-refractivity contribution in [3.05, 3.63) is 59.5 Å². The SMILES string of the molecule is Cc1ccc(CN(C)C(=NCC(=O)N(C)C)NCCc2ccco2)cc1.I. The Bertz CT molecular complexity index is 712. The van der Waals surface area contributed by atoms with Gasteiger partial charge in [0.2, 0.25) is 5.91 Å². The topological polar surface area (TPSA) is 61.1 Å². The summed E-state index contributed by atoms with van der Waals surface area (Å²) in [5, 5.41) is 3.33. The van der Waals surface area contributed by atoms with Crippen molar-refractivity contribution >= 4 is 35.8 Å². The van der Waals surface area contributed by atoms with Crippen molar-refractivity contribution in [3.63, 3.8) is 0 Å². The van der Waals surface area contributed by atoms with E-state index in [1.54, 1.807) is 25.3 Å². The van der Waals surface area contributed by atoms with E-state index in [0.717, 1.165) is 12.2 Å². The molecule has 0 bridgehead atoms. The predicted octanol–water partition coefficient (Wildman–Crippen LogP) is 2.91. The van der Waals surface area contributed by atoms with Crippen molar-refractivity contribution in [2.24, 2.45) is 4.99 Å². The molecule has 0 fully saturated rings. The molecule has 0 radical (unpaired) electrons. The molecule has 0 aliphatic heterocycles. The van der Waals surface area contributed by atoms with Gasteiger partial charge < -0.3 is 19.5 Å². The second-order valence-corrected chi connectivity index (χ2v) is 6.53. The van der Waals surface area contributed by atoms with Crippen molar-refractivity contribution in [1.82, 2.24) is 15.1 Å². The van der Waals surface area contributed by atoms with E-state index >= 15 is 0 Å². The fourth-order valence-corrected chi connectivity index (χ4v) is 2.39. The molecule has 0 unspecified atom stereocenters. The highest BCUT2D eigenvalue weighted by Crippen LogP contribution is 2.06. The number of carbonyl (C=O) groups is 1. The van der Waals surface area contributed by atoms with E-state index in [1.807, 2.05) is 24.1 Å². The molecule has 0 saturated heterocycles. The van der Waals surface area contributed by atoms with Crippen LogP contribution in [-0.4, -0.2) is 55.9 Å². The molecule has 1 N–H and O–H groups in total. The normalized spacial score (nSPS) is 10.9. The molecule has 1 heterocycles. The third-order valence-electron chi connectivity index (χ3n) is 4.00. The predicted molar refractivity (Wildman–Crippen MR) is 119 cm³/mol. The minimum absolute atomic E-state index is 0. The average Bonchev–Trinajstić information content (AvgIpc) is 3.12. The van der Waals surface area contributed by atoms with Crippen LogP contribution in [0, 0.1) is 6.92 Å². The van der Waals surface area contributed by atoms with Crippen molar-refractivity contribution in [2.45, 2.75) is 19.9 Å². The quantitative estimate of drug-likeness (QED) is 0.373. The van der Waals surface area contributed by atoms with Gasteiger partial charge in [-0.05, 0) is 24.6 Å². The summed E-state index contributed by atoms with van der Waals surface area (Å²) < 4.78 is 5.36. The molecule has 0 aliphatic rings. The standard InChI is InChI=1S/C20H28N4O2.HI/c1-16-7-9-17(10-8-16)15-24(4)20(22-14-19(25)23(2)3)21-12-11-18-6-5-13-26-18;/h5-10,13H,11-12,14-15H2,1-4H3,(H,21,22);1H. The van der Waals surface area contributed by atoms with E-state index < -0.39 is 0 Å². The van der Waals surface area contributed by atoms with Gasteiger partial charge in [0, 0.05) is 40.7 Å². The number of carbonyl (C=O) groups excluding carboxylic acids is 1. The van der Waals surface area contributed by atoms with Crippen LogP contribution in [0.2, 0.25) is 0 Å². The summed E-state index contributed by atoms with van der Waals surface area (Å²) in [7, 11) is 5.44. The molecular weight excluding hydrogens is 455 g/mol. The Kier molecular flexibility index (Phi) is 9.92. The maximum Gasteiger partial charge on any atom is 0.243 e. The highest BCUT2D eigenvalue weighted by molar-refractivity contribution is 14.0. The van der Waals surface area contributed by atoms with Crippen LogP contribution in [0.1, 0.15) is 16.9 Å². The van der Waals surface area contributed by atoms with E-state index in [1.165, 1.54) is 11.1 Å². The number of halogens is 1. The molecule has 2 rings (SSSR count). The van der Waals surface area contributed by atoms with Crippen molar-refractivity contribution < 1.29 is 9.21 Å². The van der Waals surface area contributed by atoms with Crippen LogP contribution < -0.4 is 5.32 Å². The number of nitrogens with one attached hydrogen (secondary N) is 1. The Morgan fingerprint density at radius 2 is 1.85 bits per heavy atom. The van der Waals surface area contributed by atoms with Gasteiger partial charge in [-0.25, -0.2) is 4.99 Å². The zero-order valence-electron chi connectivity index (χ0n) is 16.4. The first-order valence-corrected chi connectivity index (χ1v) is 8.73. The fraction of sp³-hybridized carbons (Fsp3) is 0.400. The summed E-state index contributed by atoms with van der Waals surface area (Å²) in [5.41, 5.74) is 2.43. The monoisotopic (exact) mass is 484 g/mol. The minimum atomic E-state index is -0.0286. The molecule has 6 nitrogen and oxygen atoms in total. The van der Waals surface area contributed by atoms with Crippen molar-refractivity contribution in [3.8, 4) is 0 Å². The third-order valence-corrected chi connectivity index (χ3v) is 4.00. The lowest BCUT2D eigenvalue weighted by Gasteiger charge is -2.23. The summed E-state index contributed by atoms with van der Waals surface area (Å²) in [5.74, 6) is 1.59. The Morgan fingerprint density at radius 3 is 2.44 bits per heavy atom. The van der Waals surface area contributed by atoms with Crippen LogP contribution in [0.5, 0.6) is 0 Å². The second-order valence-electron chi connectivity index (χ2n) is 6.53. The van der Waals surface area contributed by atoms with Gasteiger partial charge in [-0.3, -0.25) is 4.79 Å². The number of likely N-dealkylation sites (N-methyl/N-ethyl adjacent to an activating group) is 1. The average molecular weight is 484 g/mol. The number of nitrogens with zero attached hydrogens (tertiary/aromatic N) is 3. The van der Waals surface area contributed by atoms with Gasteiger partial charge in [0.25, 0.3) is 0 Å². The summed E-state index contributed by atoms with van der Waals surface area (Å²) >= 11 is 0. The van der Waals surface area contributed by atoms with Gasteiger partial charge in [0.05, 0.1) is 6.26 Å². The highest BCUT2D eigenvalue weighted by Gasteiger charge is 2.10. The van der Waals surface area contributed by atoms with Gasteiger partial charge in [-0.1, -0.05) is 29.8 Å². The summed E-state index contributed by atoms with van der Waals surface area (Å²) in [4.78, 5) is 19.9. The largest absolute Gasteiger partial charge is 0.469 e. The van der Waals surface area contributed by atoms with E-state index in [4.69, 9.17) is 4.42 Å². The van der Waals surface area contributed by atoms with Crippen molar-refractivity contribution in [1.29, 1.82) is 0 Å². The van der Waals surface area contributed by atoms with Crippen LogP contribution in [0.3, 0.4) is 0 Å². The summed E-state index contributed by atoms with van der Waals surface area (Å²) in [6, 6.07) is 12.2. The molecule has 27 heavy (non-hydrogen) atoms. The van der Waals surface area contributed by atoms with Crippen LogP contribution >= 0.6 is 24.0 Å². The summed E-state index contributed by atoms with van der Waals surface area (Å²) in [6.45, 7) is 3.58. The van der Waals surface area contributed by atoms with Gasteiger partial charge >= 0.3 is 0 Å². The first-order valence-electron chi connectivity index (χ1n) is 8.73. The maximum atomic E-state index is 11.9. The summed E-state index contributed by atoms with van der Waals surface area (Å²) in [6.07, 6.45) is 2.43. The molecule has 1 aromatic carbocycles. The maximum absolute atomic E-state index is 11.9. The molecule has 0 spiro atoms. The number of furan rings is 1. The number of guanidine groups is 1. The molecule has 0 saturated carbocycles. The molecule has 0 aliphatic carbocycles. The van der Waals surface area contributed by atoms with Crippen LogP contribution in [0.25, 0.3) is 0 Å². The zero-order chi connectivity index (χ0) is 18.9. The van der Waals surface area contributed by atoms with Crippen LogP contribution in [0.4, 0.5) is 0 Å². The first kappa shape index (κ1) is 23.0. The molecule has 1 amide bonds. The number of benzene rings is 1. The van der Waals surface area contributed by atoms with E-state index in [9.17, 15) is 4.79 Å². The van der Waals surface area contributed by atoms with Crippen molar-refractivity contribution in [2.75, 3.05) is 34.2 Å².